The lowest BCUT2D eigenvalue weighted by Gasteiger charge is -2.26. The Morgan fingerprint density at radius 3 is 2.96 bits per heavy atom. The van der Waals surface area contributed by atoms with Gasteiger partial charge in [-0.2, -0.15) is 5.10 Å². The molecule has 120 valence electrons. The van der Waals surface area contributed by atoms with Crippen LogP contribution >= 0.6 is 0 Å². The van der Waals surface area contributed by atoms with E-state index in [2.05, 4.69) is 10.1 Å². The molecule has 1 atom stereocenters. The molecule has 0 unspecified atom stereocenters. The summed E-state index contributed by atoms with van der Waals surface area (Å²) in [6.45, 7) is 2.79. The van der Waals surface area contributed by atoms with Crippen molar-refractivity contribution in [2.75, 3.05) is 11.4 Å². The van der Waals surface area contributed by atoms with Crippen molar-refractivity contribution in [1.29, 1.82) is 0 Å². The van der Waals surface area contributed by atoms with Gasteiger partial charge in [0.05, 0.1) is 11.5 Å². The van der Waals surface area contributed by atoms with Gasteiger partial charge in [0.15, 0.2) is 5.78 Å². The average molecular weight is 315 g/mol. The molecule has 0 spiro atoms. The molecule has 2 heterocycles. The summed E-state index contributed by atoms with van der Waals surface area (Å²) in [6.07, 6.45) is 5.02. The number of nitrogens with zero attached hydrogens (tertiary/aromatic N) is 5. The summed E-state index contributed by atoms with van der Waals surface area (Å²) in [5, 5.41) is 15.5. The molecule has 0 saturated carbocycles. The molecule has 2 aromatic rings. The van der Waals surface area contributed by atoms with E-state index in [-0.39, 0.29) is 17.5 Å². The Balaban J connectivity index is 1.92. The molecule has 0 N–H and O–H groups in total. The summed E-state index contributed by atoms with van der Waals surface area (Å²) in [5.74, 6) is -0.180. The largest absolute Gasteiger partial charge is 0.361 e. The van der Waals surface area contributed by atoms with Gasteiger partial charge in [-0.3, -0.25) is 19.6 Å². The van der Waals surface area contributed by atoms with Crippen LogP contribution in [0.3, 0.4) is 0 Å². The molecular weight excluding hydrogens is 298 g/mol. The molecule has 0 aliphatic carbocycles. The molecule has 0 bridgehead atoms. The van der Waals surface area contributed by atoms with Crippen molar-refractivity contribution in [3.05, 3.63) is 46.5 Å². The van der Waals surface area contributed by atoms with E-state index in [9.17, 15) is 14.9 Å². The highest BCUT2D eigenvalue weighted by Crippen LogP contribution is 2.34. The van der Waals surface area contributed by atoms with Crippen molar-refractivity contribution in [2.45, 2.75) is 32.4 Å². The van der Waals surface area contributed by atoms with Crippen molar-refractivity contribution >= 4 is 17.2 Å². The Hall–Kier alpha value is -2.77. The number of nitro benzene ring substituents is 1. The summed E-state index contributed by atoms with van der Waals surface area (Å²) < 4.78 is 1.73. The van der Waals surface area contributed by atoms with Gasteiger partial charge in [-0.25, -0.2) is 4.98 Å². The van der Waals surface area contributed by atoms with Gasteiger partial charge in [0.1, 0.15) is 18.3 Å². The van der Waals surface area contributed by atoms with E-state index >= 15 is 0 Å². The Labute approximate surface area is 132 Å². The van der Waals surface area contributed by atoms with Gasteiger partial charge in [-0.1, -0.05) is 0 Å². The molecule has 8 heteroatoms. The van der Waals surface area contributed by atoms with E-state index in [0.717, 1.165) is 19.4 Å². The maximum atomic E-state index is 11.5. The van der Waals surface area contributed by atoms with E-state index in [1.54, 1.807) is 23.1 Å². The first-order valence-corrected chi connectivity index (χ1v) is 7.44. The fourth-order valence-corrected chi connectivity index (χ4v) is 3.02. The van der Waals surface area contributed by atoms with Gasteiger partial charge >= 0.3 is 0 Å². The van der Waals surface area contributed by atoms with Crippen LogP contribution in [0, 0.1) is 10.1 Å². The highest BCUT2D eigenvalue weighted by Gasteiger charge is 2.30. The van der Waals surface area contributed by atoms with Crippen LogP contribution in [0.5, 0.6) is 0 Å². The number of carbonyl (C=O) groups excluding carboxylic acids is 1. The highest BCUT2D eigenvalue weighted by molar-refractivity contribution is 5.95. The number of hydrogen-bond acceptors (Lipinski definition) is 6. The van der Waals surface area contributed by atoms with E-state index in [4.69, 9.17) is 0 Å². The first-order chi connectivity index (χ1) is 11.1. The summed E-state index contributed by atoms with van der Waals surface area (Å²) in [5.41, 5.74) is 0.887. The minimum atomic E-state index is -0.424. The quantitative estimate of drug-likeness (QED) is 0.476. The standard InChI is InChI=1S/C15H17N5O3/c1-11(21)12-4-5-14(15(7-12)20(22)23)19-6-2-3-13(19)8-18-10-16-9-17-18/h4-5,7,9-10,13H,2-3,6,8H2,1H3/t13-/m0/s1. The Bertz CT molecular complexity index is 729. The predicted octanol–water partition coefficient (Wildman–Crippen LogP) is 2.06. The summed E-state index contributed by atoms with van der Waals surface area (Å²) in [4.78, 5) is 28.4. The van der Waals surface area contributed by atoms with Crippen LogP contribution in [0.15, 0.2) is 30.9 Å². The maximum absolute atomic E-state index is 11.5. The minimum Gasteiger partial charge on any atom is -0.361 e. The zero-order chi connectivity index (χ0) is 16.4. The second-order valence-corrected chi connectivity index (χ2v) is 5.62. The number of rotatable bonds is 5. The third-order valence-corrected chi connectivity index (χ3v) is 4.13. The van der Waals surface area contributed by atoms with Gasteiger partial charge in [-0.05, 0) is 31.9 Å². The number of carbonyl (C=O) groups is 1. The van der Waals surface area contributed by atoms with Crippen LogP contribution in [0.4, 0.5) is 11.4 Å². The zero-order valence-corrected chi connectivity index (χ0v) is 12.8. The van der Waals surface area contributed by atoms with Gasteiger partial charge < -0.3 is 4.90 Å². The predicted molar refractivity (Wildman–Crippen MR) is 83.5 cm³/mol. The van der Waals surface area contributed by atoms with Crippen LogP contribution in [-0.4, -0.2) is 38.1 Å². The number of aromatic nitrogens is 3. The molecule has 23 heavy (non-hydrogen) atoms. The topological polar surface area (TPSA) is 94.2 Å². The van der Waals surface area contributed by atoms with E-state index in [1.807, 2.05) is 4.90 Å². The zero-order valence-electron chi connectivity index (χ0n) is 12.8. The SMILES string of the molecule is CC(=O)c1ccc(N2CCC[C@H]2Cn2cncn2)c([N+](=O)[O-])c1. The second kappa shape index (κ2) is 6.15. The molecule has 1 aromatic heterocycles. The van der Waals surface area contributed by atoms with Crippen molar-refractivity contribution in [2.24, 2.45) is 0 Å². The van der Waals surface area contributed by atoms with Crippen molar-refractivity contribution in [3.8, 4) is 0 Å². The van der Waals surface area contributed by atoms with Crippen LogP contribution < -0.4 is 4.90 Å². The first kappa shape index (κ1) is 15.1. The van der Waals surface area contributed by atoms with Gasteiger partial charge in [0.2, 0.25) is 0 Å². The van der Waals surface area contributed by atoms with Crippen molar-refractivity contribution < 1.29 is 9.72 Å². The molecule has 0 amide bonds. The van der Waals surface area contributed by atoms with Crippen molar-refractivity contribution in [3.63, 3.8) is 0 Å². The lowest BCUT2D eigenvalue weighted by molar-refractivity contribution is -0.384. The molecule has 0 radical (unpaired) electrons. The number of hydrogen-bond donors (Lipinski definition) is 0. The fourth-order valence-electron chi connectivity index (χ4n) is 3.02. The molecular formula is C15H17N5O3. The van der Waals surface area contributed by atoms with E-state index in [0.29, 0.717) is 17.8 Å². The lowest BCUT2D eigenvalue weighted by atomic mass is 10.1. The average Bonchev–Trinajstić information content (AvgIpc) is 3.18. The number of nitro groups is 1. The van der Waals surface area contributed by atoms with Gasteiger partial charge in [0, 0.05) is 24.2 Å². The molecule has 1 aliphatic rings. The fraction of sp³-hybridized carbons (Fsp3) is 0.400. The van der Waals surface area contributed by atoms with Crippen LogP contribution in [0.1, 0.15) is 30.1 Å². The third-order valence-electron chi connectivity index (χ3n) is 4.13. The minimum absolute atomic E-state index is 0.0248. The number of anilines is 1. The highest BCUT2D eigenvalue weighted by atomic mass is 16.6. The Kier molecular flexibility index (Phi) is 4.05. The second-order valence-electron chi connectivity index (χ2n) is 5.62. The van der Waals surface area contributed by atoms with E-state index in [1.165, 1.54) is 19.3 Å². The molecule has 1 aromatic carbocycles. The van der Waals surface area contributed by atoms with Crippen LogP contribution in [-0.2, 0) is 6.54 Å². The monoisotopic (exact) mass is 315 g/mol. The Morgan fingerprint density at radius 2 is 2.30 bits per heavy atom. The van der Waals surface area contributed by atoms with Gasteiger partial charge in [0.25, 0.3) is 5.69 Å². The summed E-state index contributed by atoms with van der Waals surface area (Å²) >= 11 is 0. The summed E-state index contributed by atoms with van der Waals surface area (Å²) in [6, 6.07) is 4.81. The number of Topliss-reactive ketones (excluding diaryl/α,β-unsaturated/α-hetero) is 1. The molecule has 1 fully saturated rings. The van der Waals surface area contributed by atoms with E-state index < -0.39 is 4.92 Å². The number of ketones is 1. The van der Waals surface area contributed by atoms with Crippen molar-refractivity contribution in [1.82, 2.24) is 14.8 Å². The Morgan fingerprint density at radius 1 is 1.48 bits per heavy atom. The third kappa shape index (κ3) is 3.05. The van der Waals surface area contributed by atoms with Crippen LogP contribution in [0.2, 0.25) is 0 Å². The molecule has 3 rings (SSSR count). The molecule has 8 nitrogen and oxygen atoms in total. The smallest absolute Gasteiger partial charge is 0.293 e. The summed E-state index contributed by atoms with van der Waals surface area (Å²) in [7, 11) is 0. The van der Waals surface area contributed by atoms with Gasteiger partial charge in [-0.15, -0.1) is 0 Å². The van der Waals surface area contributed by atoms with Crippen LogP contribution in [0.25, 0.3) is 0 Å². The lowest BCUT2D eigenvalue weighted by Crippen LogP contribution is -2.33. The molecule has 1 aliphatic heterocycles. The molecule has 1 saturated heterocycles. The maximum Gasteiger partial charge on any atom is 0.293 e. The first-order valence-electron chi connectivity index (χ1n) is 7.44. The number of benzene rings is 1. The normalized spacial score (nSPS) is 17.4.